The molecule has 0 saturated carbocycles. The first kappa shape index (κ1) is 9.54. The average Bonchev–Trinajstić information content (AvgIpc) is 1.59. The zero-order valence-corrected chi connectivity index (χ0v) is 4.37. The van der Waals surface area contributed by atoms with Crippen molar-refractivity contribution < 1.29 is 13.2 Å². The Kier molecular flexibility index (Phi) is 3.48. The van der Waals surface area contributed by atoms with Gasteiger partial charge in [0, 0.05) is 18.2 Å². The van der Waals surface area contributed by atoms with Crippen LogP contribution < -0.4 is 0 Å². The maximum atomic E-state index is 11.9. The Bertz CT molecular complexity index is 174. The molecule has 0 radical (unpaired) electrons. The molecule has 0 unspecified atom stereocenters. The van der Waals surface area contributed by atoms with E-state index in [0.29, 0.717) is 18.2 Å². The molecular formula is C6H6AlF3. The summed E-state index contributed by atoms with van der Waals surface area (Å²) in [6.45, 7) is 0. The van der Waals surface area contributed by atoms with Gasteiger partial charge in [-0.2, -0.15) is 0 Å². The summed E-state index contributed by atoms with van der Waals surface area (Å²) >= 11 is 0. The lowest BCUT2D eigenvalue weighted by atomic mass is 10.3. The van der Waals surface area contributed by atoms with E-state index in [1.807, 2.05) is 0 Å². The van der Waals surface area contributed by atoms with Crippen LogP contribution in [-0.4, -0.2) is 17.4 Å². The SMILES string of the molecule is Fc1cc(F)cc(F)c1.[AlH3]. The minimum Gasteiger partial charge on any atom is -0.207 e. The van der Waals surface area contributed by atoms with Gasteiger partial charge in [0.1, 0.15) is 17.5 Å². The van der Waals surface area contributed by atoms with Crippen molar-refractivity contribution in [3.05, 3.63) is 35.7 Å². The van der Waals surface area contributed by atoms with Gasteiger partial charge in [0.2, 0.25) is 0 Å². The van der Waals surface area contributed by atoms with E-state index in [1.54, 1.807) is 0 Å². The molecule has 0 aliphatic heterocycles. The Hall–Kier alpha value is -0.458. The van der Waals surface area contributed by atoms with Crippen LogP contribution in [0.5, 0.6) is 0 Å². The fraction of sp³-hybridized carbons (Fsp3) is 0. The van der Waals surface area contributed by atoms with Crippen molar-refractivity contribution in [2.45, 2.75) is 0 Å². The first-order valence-electron chi connectivity index (χ1n) is 2.30. The number of benzene rings is 1. The fourth-order valence-electron chi connectivity index (χ4n) is 0.520. The molecule has 1 aromatic carbocycles. The number of rotatable bonds is 0. The Morgan fingerprint density at radius 3 is 1.10 bits per heavy atom. The molecular weight excluding hydrogens is 156 g/mol. The molecule has 0 N–H and O–H groups in total. The molecule has 0 aromatic heterocycles. The zero-order valence-electron chi connectivity index (χ0n) is 4.37. The van der Waals surface area contributed by atoms with Crippen LogP contribution in [0.25, 0.3) is 0 Å². The summed E-state index contributed by atoms with van der Waals surface area (Å²) in [4.78, 5) is 0. The van der Waals surface area contributed by atoms with Crippen molar-refractivity contribution in [2.75, 3.05) is 0 Å². The summed E-state index contributed by atoms with van der Waals surface area (Å²) in [5.41, 5.74) is 0. The van der Waals surface area contributed by atoms with Crippen molar-refractivity contribution in [1.82, 2.24) is 0 Å². The second-order valence-corrected chi connectivity index (χ2v) is 1.59. The van der Waals surface area contributed by atoms with Crippen molar-refractivity contribution in [3.8, 4) is 0 Å². The topological polar surface area (TPSA) is 0 Å². The molecule has 0 aliphatic carbocycles. The molecule has 0 heterocycles. The third-order valence-electron chi connectivity index (χ3n) is 0.827. The minimum atomic E-state index is -0.896. The Balaban J connectivity index is 0.000000810. The van der Waals surface area contributed by atoms with Gasteiger partial charge in [-0.1, -0.05) is 0 Å². The van der Waals surface area contributed by atoms with Gasteiger partial charge in [-0.25, -0.2) is 13.2 Å². The smallest absolute Gasteiger partial charge is 0.187 e. The fourth-order valence-corrected chi connectivity index (χ4v) is 0.520. The van der Waals surface area contributed by atoms with E-state index in [2.05, 4.69) is 0 Å². The van der Waals surface area contributed by atoms with Crippen molar-refractivity contribution >= 4 is 17.4 Å². The molecule has 0 nitrogen and oxygen atoms in total. The van der Waals surface area contributed by atoms with Gasteiger partial charge in [0.15, 0.2) is 17.4 Å². The summed E-state index contributed by atoms with van der Waals surface area (Å²) < 4.78 is 35.8. The van der Waals surface area contributed by atoms with Crippen LogP contribution in [0.2, 0.25) is 0 Å². The summed E-state index contributed by atoms with van der Waals surface area (Å²) in [5.74, 6) is -2.69. The molecule has 0 amide bonds. The molecule has 4 heteroatoms. The van der Waals surface area contributed by atoms with Gasteiger partial charge in [-0.3, -0.25) is 0 Å². The van der Waals surface area contributed by atoms with Crippen LogP contribution in [0, 0.1) is 17.5 Å². The lowest BCUT2D eigenvalue weighted by Crippen LogP contribution is -1.81. The second kappa shape index (κ2) is 3.65. The monoisotopic (exact) mass is 162 g/mol. The molecule has 54 valence electrons. The summed E-state index contributed by atoms with van der Waals surface area (Å²) in [7, 11) is 0. The lowest BCUT2D eigenvalue weighted by Gasteiger charge is -1.88. The highest BCUT2D eigenvalue weighted by Crippen LogP contribution is 2.04. The van der Waals surface area contributed by atoms with Crippen LogP contribution in [0.15, 0.2) is 18.2 Å². The Labute approximate surface area is 66.8 Å². The number of hydrogen-bond acceptors (Lipinski definition) is 0. The van der Waals surface area contributed by atoms with Gasteiger partial charge < -0.3 is 0 Å². The average molecular weight is 162 g/mol. The predicted molar refractivity (Wildman–Crippen MR) is 36.3 cm³/mol. The number of hydrogen-bond donors (Lipinski definition) is 0. The van der Waals surface area contributed by atoms with Gasteiger partial charge in [-0.15, -0.1) is 0 Å². The molecule has 0 aliphatic rings. The molecule has 1 rings (SSSR count). The summed E-state index contributed by atoms with van der Waals surface area (Å²) in [5, 5.41) is 0. The van der Waals surface area contributed by atoms with E-state index in [9.17, 15) is 13.2 Å². The highest BCUT2D eigenvalue weighted by Gasteiger charge is 1.96. The van der Waals surface area contributed by atoms with Gasteiger partial charge in [-0.05, 0) is 0 Å². The number of halogens is 3. The van der Waals surface area contributed by atoms with Crippen LogP contribution in [0.1, 0.15) is 0 Å². The Morgan fingerprint density at radius 2 is 0.900 bits per heavy atom. The first-order valence-corrected chi connectivity index (χ1v) is 2.30. The second-order valence-electron chi connectivity index (χ2n) is 1.59. The molecule has 0 atom stereocenters. The van der Waals surface area contributed by atoms with E-state index < -0.39 is 17.5 Å². The van der Waals surface area contributed by atoms with Gasteiger partial charge in [0.05, 0.1) is 0 Å². The molecule has 1 aromatic rings. The molecule has 0 fully saturated rings. The van der Waals surface area contributed by atoms with E-state index in [0.717, 1.165) is 0 Å². The molecule has 0 bridgehead atoms. The minimum absolute atomic E-state index is 0. The molecule has 0 spiro atoms. The maximum absolute atomic E-state index is 11.9. The molecule has 10 heavy (non-hydrogen) atoms. The van der Waals surface area contributed by atoms with E-state index >= 15 is 0 Å². The van der Waals surface area contributed by atoms with E-state index in [1.165, 1.54) is 0 Å². The maximum Gasteiger partial charge on any atom is 0.187 e. The molecule has 0 saturated heterocycles. The normalized spacial score (nSPS) is 8.70. The Morgan fingerprint density at radius 1 is 0.700 bits per heavy atom. The third-order valence-corrected chi connectivity index (χ3v) is 0.827. The zero-order chi connectivity index (χ0) is 6.85. The van der Waals surface area contributed by atoms with E-state index in [4.69, 9.17) is 0 Å². The lowest BCUT2D eigenvalue weighted by molar-refractivity contribution is 0.543. The third kappa shape index (κ3) is 2.42. The van der Waals surface area contributed by atoms with Gasteiger partial charge >= 0.3 is 0 Å². The first-order chi connectivity index (χ1) is 4.18. The van der Waals surface area contributed by atoms with Gasteiger partial charge in [0.25, 0.3) is 0 Å². The van der Waals surface area contributed by atoms with Crippen LogP contribution in [-0.2, 0) is 0 Å². The quantitative estimate of drug-likeness (QED) is 0.497. The highest BCUT2D eigenvalue weighted by atomic mass is 27.0. The van der Waals surface area contributed by atoms with Crippen molar-refractivity contribution in [2.24, 2.45) is 0 Å². The highest BCUT2D eigenvalue weighted by molar-refractivity contribution is 5.75. The summed E-state index contributed by atoms with van der Waals surface area (Å²) in [6.07, 6.45) is 0. The van der Waals surface area contributed by atoms with E-state index in [-0.39, 0.29) is 17.4 Å². The van der Waals surface area contributed by atoms with Crippen molar-refractivity contribution in [3.63, 3.8) is 0 Å². The largest absolute Gasteiger partial charge is 0.207 e. The predicted octanol–water partition coefficient (Wildman–Crippen LogP) is 0.920. The summed E-state index contributed by atoms with van der Waals surface area (Å²) in [6, 6.07) is 1.84. The van der Waals surface area contributed by atoms with Crippen molar-refractivity contribution in [1.29, 1.82) is 0 Å². The van der Waals surface area contributed by atoms with Crippen LogP contribution >= 0.6 is 0 Å². The van der Waals surface area contributed by atoms with Crippen LogP contribution in [0.4, 0.5) is 13.2 Å². The van der Waals surface area contributed by atoms with Crippen LogP contribution in [0.3, 0.4) is 0 Å². The standard InChI is InChI=1S/C6H3F3.Al.3H/c7-4-1-5(8)3-6(9)2-4;;;;/h1-3H;;;;.